The largest absolute Gasteiger partial charge is 0.284 e. The van der Waals surface area contributed by atoms with Gasteiger partial charge in [0.15, 0.2) is 11.5 Å². The normalized spacial score (nSPS) is 11.8. The molecule has 0 atom stereocenters. The number of rotatable bonds is 5. The molecule has 4 heterocycles. The van der Waals surface area contributed by atoms with Gasteiger partial charge >= 0.3 is 0 Å². The van der Waals surface area contributed by atoms with Gasteiger partial charge in [-0.3, -0.25) is 4.40 Å². The monoisotopic (exact) mass is 801 g/mol. The third-order valence-electron chi connectivity index (χ3n) is 12.6. The van der Waals surface area contributed by atoms with Crippen molar-refractivity contribution in [3.05, 3.63) is 212 Å². The summed E-state index contributed by atoms with van der Waals surface area (Å²) in [4.78, 5) is 21.0. The van der Waals surface area contributed by atoms with Crippen LogP contribution in [-0.2, 0) is 0 Å². The summed E-state index contributed by atoms with van der Waals surface area (Å²) >= 11 is 0. The Morgan fingerprint density at radius 3 is 1.49 bits per heavy atom. The van der Waals surface area contributed by atoms with Crippen LogP contribution in [0.3, 0.4) is 0 Å². The van der Waals surface area contributed by atoms with Crippen molar-refractivity contribution in [2.45, 2.75) is 0 Å². The molecule has 0 amide bonds. The van der Waals surface area contributed by atoms with E-state index in [2.05, 4.69) is 192 Å². The molecule has 0 aliphatic rings. The Balaban J connectivity index is 0.967. The van der Waals surface area contributed by atoms with E-state index in [4.69, 9.17) is 19.9 Å². The van der Waals surface area contributed by atoms with Gasteiger partial charge in [-0.15, -0.1) is 0 Å². The number of hydrogen-bond donors (Lipinski definition) is 0. The SMILES string of the molecule is c1cc(-c2ccc(-c3nc(-c4cc5ccccc5c5ccccc45)cc(-c4cc5ccccc5c5ccccc45)n3)cc2)cc(-c2nc3c(nc4ccccn43)c3ccccc23)c1. The van der Waals surface area contributed by atoms with Crippen LogP contribution in [0.4, 0.5) is 0 Å². The fraction of sp³-hybridized carbons (Fsp3) is 0. The van der Waals surface area contributed by atoms with Gasteiger partial charge in [0, 0.05) is 39.2 Å². The van der Waals surface area contributed by atoms with Crippen LogP contribution in [0, 0.1) is 0 Å². The third kappa shape index (κ3) is 5.71. The van der Waals surface area contributed by atoms with Crippen LogP contribution in [0.25, 0.3) is 127 Å². The standard InChI is InChI=1S/C58H35N5/c1-3-18-42-39(14-1)33-50(46-22-7-5-20-44(42)46)52-35-53(51-34-40-15-2-4-19-43(40)45-21-6-8-23-47(45)51)60-57(59-52)37-29-27-36(28-30-37)38-16-13-17-41(32-38)55-48-24-9-10-25-49(48)56-58(62-55)63-31-12-11-26-54(63)61-56/h1-35H. The van der Waals surface area contributed by atoms with Gasteiger partial charge in [0.25, 0.3) is 0 Å². The fourth-order valence-electron chi connectivity index (χ4n) is 9.60. The Morgan fingerprint density at radius 2 is 0.841 bits per heavy atom. The number of benzene rings is 9. The summed E-state index contributed by atoms with van der Waals surface area (Å²) in [6.45, 7) is 0. The van der Waals surface area contributed by atoms with Gasteiger partial charge in [-0.2, -0.15) is 0 Å². The molecule has 0 N–H and O–H groups in total. The topological polar surface area (TPSA) is 56.0 Å². The molecule has 9 aromatic carbocycles. The van der Waals surface area contributed by atoms with E-state index in [1.54, 1.807) is 0 Å². The summed E-state index contributed by atoms with van der Waals surface area (Å²) in [7, 11) is 0. The van der Waals surface area contributed by atoms with E-state index in [1.165, 1.54) is 32.3 Å². The minimum absolute atomic E-state index is 0.675. The molecule has 0 unspecified atom stereocenters. The molecule has 0 saturated heterocycles. The molecule has 13 aromatic rings. The third-order valence-corrected chi connectivity index (χ3v) is 12.6. The predicted octanol–water partition coefficient (Wildman–Crippen LogP) is 14.8. The van der Waals surface area contributed by atoms with Crippen molar-refractivity contribution in [2.24, 2.45) is 0 Å². The number of fused-ring (bicyclic) bond motifs is 11. The summed E-state index contributed by atoms with van der Waals surface area (Å²) in [6, 6.07) is 73.1. The average Bonchev–Trinajstić information content (AvgIpc) is 3.74. The molecule has 0 aliphatic heterocycles. The van der Waals surface area contributed by atoms with Crippen molar-refractivity contribution in [1.29, 1.82) is 0 Å². The second-order valence-corrected chi connectivity index (χ2v) is 16.2. The van der Waals surface area contributed by atoms with Gasteiger partial charge in [-0.05, 0) is 90.6 Å². The highest BCUT2D eigenvalue weighted by Crippen LogP contribution is 2.40. The van der Waals surface area contributed by atoms with Crippen molar-refractivity contribution in [1.82, 2.24) is 24.3 Å². The molecule has 63 heavy (non-hydrogen) atoms. The van der Waals surface area contributed by atoms with Crippen LogP contribution in [0.2, 0.25) is 0 Å². The van der Waals surface area contributed by atoms with Crippen molar-refractivity contribution >= 4 is 70.7 Å². The fourth-order valence-corrected chi connectivity index (χ4v) is 9.60. The lowest BCUT2D eigenvalue weighted by Crippen LogP contribution is -1.97. The van der Waals surface area contributed by atoms with Crippen LogP contribution < -0.4 is 0 Å². The van der Waals surface area contributed by atoms with Gasteiger partial charge in [0.1, 0.15) is 11.2 Å². The number of nitrogens with zero attached hydrogens (tertiary/aromatic N) is 5. The highest BCUT2D eigenvalue weighted by molar-refractivity contribution is 6.15. The average molecular weight is 802 g/mol. The molecule has 5 nitrogen and oxygen atoms in total. The van der Waals surface area contributed by atoms with E-state index in [1.807, 2.05) is 24.4 Å². The van der Waals surface area contributed by atoms with Crippen molar-refractivity contribution in [2.75, 3.05) is 0 Å². The Hall–Kier alpha value is -8.54. The van der Waals surface area contributed by atoms with Gasteiger partial charge < -0.3 is 0 Å². The molecule has 292 valence electrons. The minimum Gasteiger partial charge on any atom is -0.284 e. The summed E-state index contributed by atoms with van der Waals surface area (Å²) in [5.41, 5.74) is 11.7. The maximum absolute atomic E-state index is 5.40. The highest BCUT2D eigenvalue weighted by atomic mass is 15.1. The molecule has 0 radical (unpaired) electrons. The zero-order valence-corrected chi connectivity index (χ0v) is 33.9. The van der Waals surface area contributed by atoms with Gasteiger partial charge in [0.05, 0.1) is 17.1 Å². The molecule has 13 rings (SSSR count). The molecule has 0 aliphatic carbocycles. The maximum Gasteiger partial charge on any atom is 0.165 e. The molecule has 0 spiro atoms. The van der Waals surface area contributed by atoms with Crippen LogP contribution >= 0.6 is 0 Å². The Kier molecular flexibility index (Phi) is 7.84. The molecular weight excluding hydrogens is 767 g/mol. The zero-order valence-electron chi connectivity index (χ0n) is 33.9. The quantitative estimate of drug-likeness (QED) is 0.163. The Morgan fingerprint density at radius 1 is 0.317 bits per heavy atom. The van der Waals surface area contributed by atoms with Crippen LogP contribution in [0.15, 0.2) is 212 Å². The van der Waals surface area contributed by atoms with E-state index in [0.29, 0.717) is 5.82 Å². The van der Waals surface area contributed by atoms with E-state index >= 15 is 0 Å². The molecule has 5 heteroatoms. The Labute approximate surface area is 362 Å². The van der Waals surface area contributed by atoms with E-state index in [0.717, 1.165) is 88.8 Å². The summed E-state index contributed by atoms with van der Waals surface area (Å²) in [6.07, 6.45) is 2.03. The lowest BCUT2D eigenvalue weighted by Gasteiger charge is -2.15. The second kappa shape index (κ2) is 14.0. The van der Waals surface area contributed by atoms with E-state index in [-0.39, 0.29) is 0 Å². The number of hydrogen-bond acceptors (Lipinski definition) is 4. The first-order valence-electron chi connectivity index (χ1n) is 21.3. The first-order chi connectivity index (χ1) is 31.2. The van der Waals surface area contributed by atoms with Crippen molar-refractivity contribution in [3.63, 3.8) is 0 Å². The van der Waals surface area contributed by atoms with Crippen LogP contribution in [0.1, 0.15) is 0 Å². The minimum atomic E-state index is 0.675. The van der Waals surface area contributed by atoms with E-state index in [9.17, 15) is 0 Å². The van der Waals surface area contributed by atoms with Gasteiger partial charge in [-0.25, -0.2) is 19.9 Å². The summed E-state index contributed by atoms with van der Waals surface area (Å²) in [5.74, 6) is 0.675. The number of aromatic nitrogens is 5. The molecule has 0 fully saturated rings. The number of pyridine rings is 2. The molecule has 0 saturated carbocycles. The first-order valence-corrected chi connectivity index (χ1v) is 21.3. The lowest BCUT2D eigenvalue weighted by molar-refractivity contribution is 1.19. The first kappa shape index (κ1) is 35.2. The smallest absolute Gasteiger partial charge is 0.165 e. The van der Waals surface area contributed by atoms with Gasteiger partial charge in [0.2, 0.25) is 0 Å². The summed E-state index contributed by atoms with van der Waals surface area (Å²) in [5, 5.41) is 11.7. The van der Waals surface area contributed by atoms with Crippen LogP contribution in [0.5, 0.6) is 0 Å². The Bertz CT molecular complexity index is 3840. The maximum atomic E-state index is 5.40. The van der Waals surface area contributed by atoms with E-state index < -0.39 is 0 Å². The van der Waals surface area contributed by atoms with Crippen LogP contribution in [-0.4, -0.2) is 24.3 Å². The predicted molar refractivity (Wildman–Crippen MR) is 261 cm³/mol. The molecule has 0 bridgehead atoms. The number of imidazole rings is 1. The van der Waals surface area contributed by atoms with Crippen molar-refractivity contribution < 1.29 is 0 Å². The van der Waals surface area contributed by atoms with Crippen molar-refractivity contribution in [3.8, 4) is 56.3 Å². The molecule has 4 aromatic heterocycles. The molecular formula is C58H35N5. The highest BCUT2D eigenvalue weighted by Gasteiger charge is 2.19. The van der Waals surface area contributed by atoms with Gasteiger partial charge in [-0.1, -0.05) is 170 Å². The second-order valence-electron chi connectivity index (χ2n) is 16.2. The summed E-state index contributed by atoms with van der Waals surface area (Å²) < 4.78 is 2.07. The zero-order chi connectivity index (χ0) is 41.4. The lowest BCUT2D eigenvalue weighted by atomic mass is 9.93.